The number of benzene rings is 1. The first-order chi connectivity index (χ1) is 14.3. The molecule has 31 heavy (non-hydrogen) atoms. The Morgan fingerprint density at radius 1 is 1.23 bits per heavy atom. The predicted octanol–water partition coefficient (Wildman–Crippen LogP) is 7.42. The molecule has 3 rings (SSSR count). The Hall–Kier alpha value is -0.483. The van der Waals surface area contributed by atoms with Crippen molar-refractivity contribution >= 4 is 64.3 Å². The van der Waals surface area contributed by atoms with Crippen molar-refractivity contribution in [1.29, 1.82) is 0 Å². The van der Waals surface area contributed by atoms with Crippen molar-refractivity contribution in [3.63, 3.8) is 0 Å². The van der Waals surface area contributed by atoms with Gasteiger partial charge in [0, 0.05) is 6.04 Å². The van der Waals surface area contributed by atoms with Gasteiger partial charge in [0.25, 0.3) is 0 Å². The minimum Gasteiger partial charge on any atom is -0.415 e. The summed E-state index contributed by atoms with van der Waals surface area (Å²) >= 11 is 10.4. The molecule has 0 amide bonds. The number of anilines is 1. The zero-order chi connectivity index (χ0) is 23.3. The highest BCUT2D eigenvalue weighted by Crippen LogP contribution is 2.44. The fourth-order valence-electron chi connectivity index (χ4n) is 3.55. The normalized spacial score (nSPS) is 19.8. The molecule has 0 spiro atoms. The third kappa shape index (κ3) is 4.49. The van der Waals surface area contributed by atoms with Crippen LogP contribution in [0.2, 0.25) is 23.2 Å². The van der Waals surface area contributed by atoms with Crippen LogP contribution in [-0.4, -0.2) is 43.2 Å². The first-order valence-electron chi connectivity index (χ1n) is 10.3. The molecule has 4 nitrogen and oxygen atoms in total. The number of nitrogens with zero attached hydrogens (tertiary/aromatic N) is 3. The summed E-state index contributed by atoms with van der Waals surface area (Å²) in [7, 11) is -1.95. The molecule has 1 aromatic heterocycles. The van der Waals surface area contributed by atoms with Crippen molar-refractivity contribution in [2.75, 3.05) is 17.8 Å². The maximum absolute atomic E-state index is 15.3. The van der Waals surface area contributed by atoms with Gasteiger partial charge in [0.2, 0.25) is 0 Å². The fraction of sp³-hybridized carbons (Fsp3) is 0.619. The van der Waals surface area contributed by atoms with E-state index < -0.39 is 20.0 Å². The van der Waals surface area contributed by atoms with Gasteiger partial charge in [0.15, 0.2) is 25.1 Å². The molecule has 1 fully saturated rings. The number of rotatable bonds is 6. The average Bonchev–Trinajstić information content (AvgIpc) is 2.68. The summed E-state index contributed by atoms with van der Waals surface area (Å²) in [4.78, 5) is 10.9. The molecular weight excluding hydrogens is 524 g/mol. The van der Waals surface area contributed by atoms with E-state index in [2.05, 4.69) is 71.6 Å². The Balaban J connectivity index is 2.09. The maximum atomic E-state index is 15.3. The lowest BCUT2D eigenvalue weighted by Gasteiger charge is -2.51. The van der Waals surface area contributed by atoms with E-state index in [0.717, 1.165) is 12.8 Å². The second kappa shape index (κ2) is 9.04. The van der Waals surface area contributed by atoms with Gasteiger partial charge in [0.1, 0.15) is 11.3 Å². The van der Waals surface area contributed by atoms with Crippen molar-refractivity contribution in [3.05, 3.63) is 21.1 Å². The lowest BCUT2D eigenvalue weighted by atomic mass is 9.90. The number of fused-ring (bicyclic) bond motifs is 1. The Kier molecular flexibility index (Phi) is 7.34. The molecule has 2 atom stereocenters. The molecule has 1 aliphatic rings. The largest absolute Gasteiger partial charge is 0.415 e. The van der Waals surface area contributed by atoms with Crippen molar-refractivity contribution in [2.24, 2.45) is 0 Å². The van der Waals surface area contributed by atoms with E-state index in [-0.39, 0.29) is 37.5 Å². The molecule has 2 heterocycles. The minimum absolute atomic E-state index is 0.0268. The van der Waals surface area contributed by atoms with E-state index in [4.69, 9.17) is 16.0 Å². The molecule has 1 saturated heterocycles. The summed E-state index contributed by atoms with van der Waals surface area (Å²) in [5.74, 6) is -0.997. The van der Waals surface area contributed by atoms with Gasteiger partial charge in [-0.1, -0.05) is 51.1 Å². The molecule has 172 valence electrons. The molecule has 1 aromatic carbocycles. The Morgan fingerprint density at radius 2 is 1.87 bits per heavy atom. The summed E-state index contributed by atoms with van der Waals surface area (Å²) in [5.41, 5.74) is -0.0612. The number of halogens is 4. The van der Waals surface area contributed by atoms with Crippen molar-refractivity contribution in [3.8, 4) is 0 Å². The molecule has 0 bridgehead atoms. The van der Waals surface area contributed by atoms with Crippen LogP contribution in [0.3, 0.4) is 0 Å². The second-order valence-corrected chi connectivity index (χ2v) is 16.2. The summed E-state index contributed by atoms with van der Waals surface area (Å²) in [6, 6.07) is 0.211. The van der Waals surface area contributed by atoms with Crippen LogP contribution in [0.1, 0.15) is 40.5 Å². The second-order valence-electron chi connectivity index (χ2n) is 9.44. The SMILES string of the molecule is CCC1CC(CO[Si](C)(C)C(C)(C)C)N1c1nc(SC)nc2c(F)c(Br)c(Cl)c(F)c12. The predicted molar refractivity (Wildman–Crippen MR) is 132 cm³/mol. The molecule has 0 saturated carbocycles. The van der Waals surface area contributed by atoms with Crippen LogP contribution in [0.4, 0.5) is 14.6 Å². The van der Waals surface area contributed by atoms with Crippen LogP contribution in [0.25, 0.3) is 10.9 Å². The third-order valence-corrected chi connectivity index (χ3v) is 12.9. The van der Waals surface area contributed by atoms with Gasteiger partial charge in [0.05, 0.1) is 27.5 Å². The zero-order valence-electron chi connectivity index (χ0n) is 18.9. The van der Waals surface area contributed by atoms with E-state index in [0.29, 0.717) is 17.6 Å². The molecule has 1 aliphatic heterocycles. The average molecular weight is 553 g/mol. The number of aromatic nitrogens is 2. The van der Waals surface area contributed by atoms with E-state index in [9.17, 15) is 4.39 Å². The van der Waals surface area contributed by atoms with Gasteiger partial charge in [-0.15, -0.1) is 0 Å². The smallest absolute Gasteiger partial charge is 0.192 e. The van der Waals surface area contributed by atoms with Crippen molar-refractivity contribution in [2.45, 2.75) is 75.9 Å². The molecule has 0 N–H and O–H groups in total. The number of thioether (sulfide) groups is 1. The van der Waals surface area contributed by atoms with Gasteiger partial charge in [-0.2, -0.15) is 0 Å². The first kappa shape index (κ1) is 25.1. The zero-order valence-corrected chi connectivity index (χ0v) is 23.1. The topological polar surface area (TPSA) is 38.2 Å². The molecular formula is C21H29BrClF2N3OSSi. The highest BCUT2D eigenvalue weighted by Gasteiger charge is 2.43. The Morgan fingerprint density at radius 3 is 2.42 bits per heavy atom. The van der Waals surface area contributed by atoms with Crippen LogP contribution in [0, 0.1) is 11.6 Å². The van der Waals surface area contributed by atoms with Crippen molar-refractivity contribution in [1.82, 2.24) is 9.97 Å². The Bertz CT molecular complexity index is 1010. The standard InChI is InChI=1S/C21H29BrClF2N3OSSi/c1-8-11-9-12(10-29-31(6,7)21(2,3)4)28(11)19-13-16(24)15(23)14(22)17(25)18(13)26-20(27-19)30-5/h11-12H,8-10H2,1-7H3. The molecule has 2 aromatic rings. The van der Waals surface area contributed by atoms with Gasteiger partial charge in [-0.3, -0.25) is 0 Å². The number of hydrogen-bond donors (Lipinski definition) is 0. The third-order valence-electron chi connectivity index (χ3n) is 6.55. The lowest BCUT2D eigenvalue weighted by molar-refractivity contribution is 0.196. The summed E-state index contributed by atoms with van der Waals surface area (Å²) in [5, 5.41) is 0.211. The molecule has 10 heteroatoms. The molecule has 0 radical (unpaired) electrons. The van der Waals surface area contributed by atoms with E-state index in [1.54, 1.807) is 0 Å². The van der Waals surface area contributed by atoms with Crippen LogP contribution in [0.15, 0.2) is 9.63 Å². The van der Waals surface area contributed by atoms with Crippen LogP contribution in [0.5, 0.6) is 0 Å². The summed E-state index contributed by atoms with van der Waals surface area (Å²) < 4.78 is 36.6. The summed E-state index contributed by atoms with van der Waals surface area (Å²) in [6.07, 6.45) is 3.60. The van der Waals surface area contributed by atoms with Gasteiger partial charge < -0.3 is 9.33 Å². The Labute approximate surface area is 201 Å². The minimum atomic E-state index is -1.95. The number of hydrogen-bond acceptors (Lipinski definition) is 5. The highest BCUT2D eigenvalue weighted by molar-refractivity contribution is 9.10. The first-order valence-corrected chi connectivity index (χ1v) is 15.6. The molecule has 2 unspecified atom stereocenters. The van der Waals surface area contributed by atoms with Crippen LogP contribution < -0.4 is 4.90 Å². The van der Waals surface area contributed by atoms with Gasteiger partial charge in [-0.05, 0) is 53.2 Å². The monoisotopic (exact) mass is 551 g/mol. The van der Waals surface area contributed by atoms with Crippen molar-refractivity contribution < 1.29 is 13.2 Å². The van der Waals surface area contributed by atoms with Gasteiger partial charge in [-0.25, -0.2) is 18.7 Å². The quantitative estimate of drug-likeness (QED) is 0.122. The van der Waals surface area contributed by atoms with Gasteiger partial charge >= 0.3 is 0 Å². The molecule has 0 aliphatic carbocycles. The lowest BCUT2D eigenvalue weighted by Crippen LogP contribution is -2.59. The summed E-state index contributed by atoms with van der Waals surface area (Å²) in [6.45, 7) is 13.6. The maximum Gasteiger partial charge on any atom is 0.192 e. The van der Waals surface area contributed by atoms with Crippen LogP contribution in [-0.2, 0) is 4.43 Å². The van der Waals surface area contributed by atoms with E-state index in [1.807, 2.05) is 6.26 Å². The van der Waals surface area contributed by atoms with Crippen LogP contribution >= 0.6 is 39.3 Å². The highest BCUT2D eigenvalue weighted by atomic mass is 79.9. The van der Waals surface area contributed by atoms with E-state index >= 15 is 4.39 Å². The fourth-order valence-corrected chi connectivity index (χ4v) is 5.50. The van der Waals surface area contributed by atoms with E-state index in [1.165, 1.54) is 11.8 Å².